The number of piperazine rings is 1. The Morgan fingerprint density at radius 1 is 1.38 bits per heavy atom. The Kier molecular flexibility index (Phi) is 5.95. The van der Waals surface area contributed by atoms with Crippen LogP contribution in [0, 0.1) is 0 Å². The summed E-state index contributed by atoms with van der Waals surface area (Å²) < 4.78 is 4.92. The minimum Gasteiger partial charge on any atom is -0.383 e. The van der Waals surface area contributed by atoms with Crippen molar-refractivity contribution in [3.05, 3.63) is 24.0 Å². The molecular weight excluding hydrogens is 268 g/mol. The molecule has 0 aromatic carbocycles. The first-order chi connectivity index (χ1) is 10.2. The molecule has 6 heteroatoms. The molecule has 1 amide bonds. The summed E-state index contributed by atoms with van der Waals surface area (Å²) in [7, 11) is 1.61. The summed E-state index contributed by atoms with van der Waals surface area (Å²) in [6, 6.07) is 3.83. The number of rotatable bonds is 6. The second kappa shape index (κ2) is 7.95. The van der Waals surface area contributed by atoms with Crippen LogP contribution < -0.4 is 10.2 Å². The summed E-state index contributed by atoms with van der Waals surface area (Å²) in [6.45, 7) is 8.39. The number of carbonyl (C=O) groups is 1. The van der Waals surface area contributed by atoms with Crippen molar-refractivity contribution in [3.8, 4) is 0 Å². The molecule has 0 bridgehead atoms. The summed E-state index contributed by atoms with van der Waals surface area (Å²) >= 11 is 0. The zero-order valence-electron chi connectivity index (χ0n) is 12.8. The zero-order chi connectivity index (χ0) is 15.1. The van der Waals surface area contributed by atoms with Crippen LogP contribution in [0.4, 0.5) is 5.69 Å². The van der Waals surface area contributed by atoms with Crippen molar-refractivity contribution < 1.29 is 9.53 Å². The number of likely N-dealkylation sites (N-methyl/N-ethyl adjacent to an activating group) is 1. The van der Waals surface area contributed by atoms with Gasteiger partial charge in [-0.2, -0.15) is 0 Å². The number of aromatic nitrogens is 1. The lowest BCUT2D eigenvalue weighted by atomic mass is 10.2. The van der Waals surface area contributed by atoms with Gasteiger partial charge in [-0.1, -0.05) is 6.92 Å². The van der Waals surface area contributed by atoms with Gasteiger partial charge in [0.05, 0.1) is 6.61 Å². The lowest BCUT2D eigenvalue weighted by Gasteiger charge is -2.35. The maximum atomic E-state index is 12.0. The highest BCUT2D eigenvalue weighted by Gasteiger charge is 2.17. The van der Waals surface area contributed by atoms with Gasteiger partial charge in [-0.15, -0.1) is 0 Å². The first-order valence-electron chi connectivity index (χ1n) is 7.45. The summed E-state index contributed by atoms with van der Waals surface area (Å²) in [6.07, 6.45) is 1.70. The molecule has 21 heavy (non-hydrogen) atoms. The minimum absolute atomic E-state index is 0.152. The molecule has 1 N–H and O–H groups in total. The molecule has 0 spiro atoms. The summed E-state index contributed by atoms with van der Waals surface area (Å²) in [4.78, 5) is 20.9. The van der Waals surface area contributed by atoms with Gasteiger partial charge in [0.2, 0.25) is 0 Å². The summed E-state index contributed by atoms with van der Waals surface area (Å²) in [5.74, 6) is -0.152. The predicted octanol–water partition coefficient (Wildman–Crippen LogP) is 0.600. The fraction of sp³-hybridized carbons (Fsp3) is 0.600. The summed E-state index contributed by atoms with van der Waals surface area (Å²) in [5, 5.41) is 2.79. The smallest absolute Gasteiger partial charge is 0.270 e. The van der Waals surface area contributed by atoms with Crippen LogP contribution in [0.5, 0.6) is 0 Å². The van der Waals surface area contributed by atoms with Gasteiger partial charge in [-0.25, -0.2) is 0 Å². The van der Waals surface area contributed by atoms with E-state index in [1.165, 1.54) is 0 Å². The molecule has 1 aromatic heterocycles. The second-order valence-corrected chi connectivity index (χ2v) is 5.07. The average molecular weight is 292 g/mol. The quantitative estimate of drug-likeness (QED) is 0.778. The van der Waals surface area contributed by atoms with E-state index < -0.39 is 0 Å². The van der Waals surface area contributed by atoms with Crippen molar-refractivity contribution in [3.63, 3.8) is 0 Å². The number of carbonyl (C=O) groups excluding carboxylic acids is 1. The number of nitrogens with one attached hydrogen (secondary N) is 1. The maximum Gasteiger partial charge on any atom is 0.270 e. The van der Waals surface area contributed by atoms with Gasteiger partial charge in [0.15, 0.2) is 0 Å². The number of ether oxygens (including phenoxy) is 1. The zero-order valence-corrected chi connectivity index (χ0v) is 12.8. The number of hydrogen-bond acceptors (Lipinski definition) is 5. The SMILES string of the molecule is CCN1CCN(c2ccnc(C(=O)NCCOC)c2)CC1. The van der Waals surface area contributed by atoms with Crippen LogP contribution in [0.1, 0.15) is 17.4 Å². The van der Waals surface area contributed by atoms with E-state index in [0.29, 0.717) is 18.8 Å². The molecule has 0 unspecified atom stereocenters. The number of methoxy groups -OCH3 is 1. The van der Waals surface area contributed by atoms with Crippen LogP contribution in [0.25, 0.3) is 0 Å². The third-order valence-electron chi connectivity index (χ3n) is 3.75. The molecule has 1 aromatic rings. The van der Waals surface area contributed by atoms with E-state index in [2.05, 4.69) is 27.0 Å². The fourth-order valence-electron chi connectivity index (χ4n) is 2.42. The topological polar surface area (TPSA) is 57.7 Å². The van der Waals surface area contributed by atoms with Gasteiger partial charge in [0.25, 0.3) is 5.91 Å². The number of anilines is 1. The fourth-order valence-corrected chi connectivity index (χ4v) is 2.42. The van der Waals surface area contributed by atoms with Gasteiger partial charge in [0.1, 0.15) is 5.69 Å². The molecule has 2 rings (SSSR count). The summed E-state index contributed by atoms with van der Waals surface area (Å²) in [5.41, 5.74) is 1.53. The molecule has 116 valence electrons. The van der Waals surface area contributed by atoms with Crippen molar-refractivity contribution >= 4 is 11.6 Å². The Hall–Kier alpha value is -1.66. The normalized spacial score (nSPS) is 16.0. The molecule has 0 radical (unpaired) electrons. The first kappa shape index (κ1) is 15.7. The van der Waals surface area contributed by atoms with E-state index in [-0.39, 0.29) is 5.91 Å². The van der Waals surface area contributed by atoms with Crippen LogP contribution in [0.3, 0.4) is 0 Å². The molecule has 1 aliphatic heterocycles. The van der Waals surface area contributed by atoms with E-state index in [1.54, 1.807) is 13.3 Å². The third kappa shape index (κ3) is 4.41. The van der Waals surface area contributed by atoms with Gasteiger partial charge < -0.3 is 19.9 Å². The predicted molar refractivity (Wildman–Crippen MR) is 82.8 cm³/mol. The van der Waals surface area contributed by atoms with Gasteiger partial charge in [-0.3, -0.25) is 9.78 Å². The van der Waals surface area contributed by atoms with E-state index in [0.717, 1.165) is 38.4 Å². The number of nitrogens with zero attached hydrogens (tertiary/aromatic N) is 3. The highest BCUT2D eigenvalue weighted by atomic mass is 16.5. The Morgan fingerprint density at radius 2 is 2.14 bits per heavy atom. The van der Waals surface area contributed by atoms with E-state index >= 15 is 0 Å². The van der Waals surface area contributed by atoms with Crippen LogP contribution in [-0.4, -0.2) is 68.8 Å². The van der Waals surface area contributed by atoms with Gasteiger partial charge >= 0.3 is 0 Å². The van der Waals surface area contributed by atoms with Gasteiger partial charge in [0, 0.05) is 51.7 Å². The Balaban J connectivity index is 1.96. The molecule has 1 fully saturated rings. The largest absolute Gasteiger partial charge is 0.383 e. The van der Waals surface area contributed by atoms with Gasteiger partial charge in [-0.05, 0) is 18.7 Å². The standard InChI is InChI=1S/C15H24N4O2/c1-3-18-7-9-19(10-8-18)13-4-5-16-14(12-13)15(20)17-6-11-21-2/h4-5,12H,3,6-11H2,1-2H3,(H,17,20). The first-order valence-corrected chi connectivity index (χ1v) is 7.45. The number of hydrogen-bond donors (Lipinski definition) is 1. The molecule has 0 atom stereocenters. The molecule has 6 nitrogen and oxygen atoms in total. The Bertz CT molecular complexity index is 459. The minimum atomic E-state index is -0.152. The van der Waals surface area contributed by atoms with E-state index in [9.17, 15) is 4.79 Å². The lowest BCUT2D eigenvalue weighted by molar-refractivity contribution is 0.0932. The highest BCUT2D eigenvalue weighted by Crippen LogP contribution is 2.16. The Labute approximate surface area is 126 Å². The van der Waals surface area contributed by atoms with Crippen molar-refractivity contribution in [2.75, 3.05) is 57.9 Å². The molecule has 2 heterocycles. The van der Waals surface area contributed by atoms with Crippen LogP contribution in [0.15, 0.2) is 18.3 Å². The second-order valence-electron chi connectivity index (χ2n) is 5.07. The average Bonchev–Trinajstić information content (AvgIpc) is 2.55. The molecule has 0 aliphatic carbocycles. The Morgan fingerprint density at radius 3 is 2.81 bits per heavy atom. The van der Waals surface area contributed by atoms with Crippen molar-refractivity contribution in [1.29, 1.82) is 0 Å². The molecular formula is C15H24N4O2. The maximum absolute atomic E-state index is 12.0. The lowest BCUT2D eigenvalue weighted by Crippen LogP contribution is -2.46. The van der Waals surface area contributed by atoms with Crippen LogP contribution in [-0.2, 0) is 4.74 Å². The van der Waals surface area contributed by atoms with E-state index in [1.807, 2.05) is 12.1 Å². The van der Waals surface area contributed by atoms with Crippen LogP contribution in [0.2, 0.25) is 0 Å². The van der Waals surface area contributed by atoms with Crippen molar-refractivity contribution in [2.45, 2.75) is 6.92 Å². The molecule has 0 saturated carbocycles. The monoisotopic (exact) mass is 292 g/mol. The number of amides is 1. The van der Waals surface area contributed by atoms with Crippen molar-refractivity contribution in [2.24, 2.45) is 0 Å². The highest BCUT2D eigenvalue weighted by molar-refractivity contribution is 5.93. The molecule has 1 aliphatic rings. The van der Waals surface area contributed by atoms with Crippen LogP contribution >= 0.6 is 0 Å². The third-order valence-corrected chi connectivity index (χ3v) is 3.75. The molecule has 1 saturated heterocycles. The number of pyridine rings is 1. The van der Waals surface area contributed by atoms with E-state index in [4.69, 9.17) is 4.74 Å². The van der Waals surface area contributed by atoms with Crippen molar-refractivity contribution in [1.82, 2.24) is 15.2 Å².